The average molecular weight is 316 g/mol. The second-order valence-electron chi connectivity index (χ2n) is 5.49. The molecule has 1 saturated heterocycles. The summed E-state index contributed by atoms with van der Waals surface area (Å²) < 4.78 is 5.41. The maximum atomic E-state index is 11.5. The minimum absolute atomic E-state index is 0.173. The first-order chi connectivity index (χ1) is 11.0. The number of para-hydroxylation sites is 1. The van der Waals surface area contributed by atoms with Gasteiger partial charge in [0.1, 0.15) is 6.20 Å². The van der Waals surface area contributed by atoms with Crippen LogP contribution in [0.4, 0.5) is 10.5 Å². The second kappa shape index (κ2) is 5.81. The van der Waals surface area contributed by atoms with Gasteiger partial charge in [0, 0.05) is 11.9 Å². The summed E-state index contributed by atoms with van der Waals surface area (Å²) in [4.78, 5) is 26.6. The highest BCUT2D eigenvalue weighted by Gasteiger charge is 2.44. The van der Waals surface area contributed by atoms with E-state index >= 15 is 0 Å². The second-order valence-corrected chi connectivity index (χ2v) is 5.49. The van der Waals surface area contributed by atoms with Crippen molar-refractivity contribution < 1.29 is 14.5 Å². The third-order valence-electron chi connectivity index (χ3n) is 4.05. The Balaban J connectivity index is 2.31. The van der Waals surface area contributed by atoms with E-state index in [9.17, 15) is 14.9 Å². The van der Waals surface area contributed by atoms with Gasteiger partial charge in [-0.25, -0.2) is 9.78 Å². The van der Waals surface area contributed by atoms with Crippen molar-refractivity contribution in [3.05, 3.63) is 46.1 Å². The summed E-state index contributed by atoms with van der Waals surface area (Å²) in [6.45, 7) is 1.02. The van der Waals surface area contributed by atoms with Crippen LogP contribution in [-0.2, 0) is 10.3 Å². The first-order valence-corrected chi connectivity index (χ1v) is 7.25. The number of hydrogen-bond acceptors (Lipinski definition) is 6. The Labute approximate surface area is 131 Å². The molecule has 8 heteroatoms. The van der Waals surface area contributed by atoms with Crippen LogP contribution in [0.1, 0.15) is 18.4 Å². The van der Waals surface area contributed by atoms with Gasteiger partial charge < -0.3 is 15.8 Å². The predicted octanol–water partition coefficient (Wildman–Crippen LogP) is 1.82. The number of aromatic nitrogens is 1. The van der Waals surface area contributed by atoms with Gasteiger partial charge in [-0.3, -0.25) is 10.1 Å². The van der Waals surface area contributed by atoms with Gasteiger partial charge in [-0.2, -0.15) is 0 Å². The lowest BCUT2D eigenvalue weighted by Gasteiger charge is -2.37. The van der Waals surface area contributed by atoms with E-state index < -0.39 is 16.6 Å². The molecule has 3 N–H and O–H groups in total. The molecule has 3 rings (SSSR count). The van der Waals surface area contributed by atoms with Crippen molar-refractivity contribution in [1.82, 2.24) is 10.3 Å². The highest BCUT2D eigenvalue weighted by Crippen LogP contribution is 2.41. The molecule has 8 nitrogen and oxygen atoms in total. The SMILES string of the molecule is NC(=O)O[C@]1(c2c([N+](=O)[O-])cnc3ccccc23)CCCNC1. The van der Waals surface area contributed by atoms with E-state index in [1.165, 1.54) is 6.20 Å². The molecule has 0 radical (unpaired) electrons. The molecular formula is C15H16N4O4. The van der Waals surface area contributed by atoms with Crippen LogP contribution in [0.5, 0.6) is 0 Å². The lowest BCUT2D eigenvalue weighted by molar-refractivity contribution is -0.386. The Bertz CT molecular complexity index is 771. The highest BCUT2D eigenvalue weighted by molar-refractivity contribution is 5.86. The molecule has 1 aliphatic rings. The Kier molecular flexibility index (Phi) is 3.83. The number of primary amides is 1. The summed E-state index contributed by atoms with van der Waals surface area (Å²) >= 11 is 0. The molecule has 1 atom stereocenters. The summed E-state index contributed by atoms with van der Waals surface area (Å²) in [5.74, 6) is 0. The molecule has 120 valence electrons. The van der Waals surface area contributed by atoms with Crippen molar-refractivity contribution >= 4 is 22.7 Å². The smallest absolute Gasteiger partial charge is 0.405 e. The first-order valence-electron chi connectivity index (χ1n) is 7.25. The monoisotopic (exact) mass is 316 g/mol. The number of amides is 1. The largest absolute Gasteiger partial charge is 0.437 e. The minimum atomic E-state index is -1.17. The number of carbonyl (C=O) groups is 1. The van der Waals surface area contributed by atoms with Crippen molar-refractivity contribution in [2.24, 2.45) is 5.73 Å². The molecule has 0 aliphatic carbocycles. The number of fused-ring (bicyclic) bond motifs is 1. The van der Waals surface area contributed by atoms with Crippen LogP contribution in [0.2, 0.25) is 0 Å². The zero-order chi connectivity index (χ0) is 16.4. The van der Waals surface area contributed by atoms with Gasteiger partial charge in [-0.15, -0.1) is 0 Å². The zero-order valence-electron chi connectivity index (χ0n) is 12.3. The minimum Gasteiger partial charge on any atom is -0.437 e. The number of rotatable bonds is 3. The molecule has 0 spiro atoms. The Morgan fingerprint density at radius 3 is 2.87 bits per heavy atom. The Morgan fingerprint density at radius 1 is 1.43 bits per heavy atom. The van der Waals surface area contributed by atoms with Crippen LogP contribution < -0.4 is 11.1 Å². The number of ether oxygens (including phenoxy) is 1. The number of nitrogens with two attached hydrogens (primary N) is 1. The van der Waals surface area contributed by atoms with Crippen molar-refractivity contribution in [1.29, 1.82) is 0 Å². The van der Waals surface area contributed by atoms with Crippen LogP contribution in [-0.4, -0.2) is 29.1 Å². The van der Waals surface area contributed by atoms with Crippen LogP contribution in [0.15, 0.2) is 30.5 Å². The topological polar surface area (TPSA) is 120 Å². The molecule has 1 fully saturated rings. The molecule has 0 unspecified atom stereocenters. The predicted molar refractivity (Wildman–Crippen MR) is 82.8 cm³/mol. The number of benzene rings is 1. The molecule has 1 aromatic carbocycles. The molecule has 0 saturated carbocycles. The molecule has 23 heavy (non-hydrogen) atoms. The Morgan fingerprint density at radius 2 is 2.22 bits per heavy atom. The number of piperidine rings is 1. The van der Waals surface area contributed by atoms with Gasteiger partial charge in [0.25, 0.3) is 5.69 Å². The van der Waals surface area contributed by atoms with Crippen molar-refractivity contribution in [3.63, 3.8) is 0 Å². The number of nitro groups is 1. The van der Waals surface area contributed by atoms with Crippen molar-refractivity contribution in [2.75, 3.05) is 13.1 Å². The van der Waals surface area contributed by atoms with Crippen molar-refractivity contribution in [3.8, 4) is 0 Å². The lowest BCUT2D eigenvalue weighted by Crippen LogP contribution is -2.47. The van der Waals surface area contributed by atoms with Gasteiger partial charge in [0.15, 0.2) is 5.60 Å². The average Bonchev–Trinajstić information content (AvgIpc) is 2.53. The van der Waals surface area contributed by atoms with E-state index in [1.54, 1.807) is 24.3 Å². The fourth-order valence-electron chi connectivity index (χ4n) is 3.17. The van der Waals surface area contributed by atoms with Gasteiger partial charge in [-0.05, 0) is 25.5 Å². The molecule has 2 heterocycles. The molecule has 1 aromatic heterocycles. The summed E-state index contributed by atoms with van der Waals surface area (Å²) in [6, 6.07) is 7.07. The van der Waals surface area contributed by atoms with Crippen LogP contribution in [0.3, 0.4) is 0 Å². The lowest BCUT2D eigenvalue weighted by atomic mass is 9.83. The quantitative estimate of drug-likeness (QED) is 0.658. The van der Waals surface area contributed by atoms with Crippen molar-refractivity contribution in [2.45, 2.75) is 18.4 Å². The number of nitrogens with one attached hydrogen (secondary N) is 1. The number of hydrogen-bond donors (Lipinski definition) is 2. The van der Waals surface area contributed by atoms with Crippen LogP contribution in [0, 0.1) is 10.1 Å². The van der Waals surface area contributed by atoms with E-state index in [1.807, 2.05) is 0 Å². The summed E-state index contributed by atoms with van der Waals surface area (Å²) in [7, 11) is 0. The maximum absolute atomic E-state index is 11.5. The van der Waals surface area contributed by atoms with Crippen LogP contribution >= 0.6 is 0 Å². The summed E-state index contributed by atoms with van der Waals surface area (Å²) in [5, 5.41) is 15.2. The number of pyridine rings is 1. The van der Waals surface area contributed by atoms with Gasteiger partial charge >= 0.3 is 6.09 Å². The van der Waals surface area contributed by atoms with E-state index in [0.29, 0.717) is 29.3 Å². The van der Waals surface area contributed by atoms with Gasteiger partial charge in [0.2, 0.25) is 0 Å². The molecule has 1 aliphatic heterocycles. The first kappa shape index (κ1) is 15.2. The number of carbonyl (C=O) groups excluding carboxylic acids is 1. The highest BCUT2D eigenvalue weighted by atomic mass is 16.6. The summed E-state index contributed by atoms with van der Waals surface area (Å²) in [5.41, 5.74) is 4.85. The summed E-state index contributed by atoms with van der Waals surface area (Å²) in [6.07, 6.45) is 1.42. The molecule has 0 bridgehead atoms. The zero-order valence-corrected chi connectivity index (χ0v) is 12.3. The standard InChI is InChI=1S/C15H16N4O4/c16-14(20)23-15(6-3-7-17-9-15)13-10-4-1-2-5-11(10)18-8-12(13)19(21)22/h1-2,4-5,8,17H,3,6-7,9H2,(H2,16,20)/t15-/m1/s1. The van der Waals surface area contributed by atoms with E-state index in [0.717, 1.165) is 6.54 Å². The molecular weight excluding hydrogens is 300 g/mol. The van der Waals surface area contributed by atoms with Gasteiger partial charge in [-0.1, -0.05) is 18.2 Å². The van der Waals surface area contributed by atoms with E-state index in [4.69, 9.17) is 10.5 Å². The fourth-order valence-corrected chi connectivity index (χ4v) is 3.17. The number of nitrogens with zero attached hydrogens (tertiary/aromatic N) is 2. The third kappa shape index (κ3) is 2.68. The Hall–Kier alpha value is -2.74. The van der Waals surface area contributed by atoms with Crippen LogP contribution in [0.25, 0.3) is 10.9 Å². The maximum Gasteiger partial charge on any atom is 0.405 e. The van der Waals surface area contributed by atoms with Gasteiger partial charge in [0.05, 0.1) is 16.0 Å². The normalized spacial score (nSPS) is 21.0. The molecule has 1 amide bonds. The third-order valence-corrected chi connectivity index (χ3v) is 4.05. The molecule has 2 aromatic rings. The van der Waals surface area contributed by atoms with E-state index in [2.05, 4.69) is 10.3 Å². The fraction of sp³-hybridized carbons (Fsp3) is 0.333. The van der Waals surface area contributed by atoms with E-state index in [-0.39, 0.29) is 12.2 Å².